The van der Waals surface area contributed by atoms with E-state index in [-0.39, 0.29) is 0 Å². The normalized spacial score (nSPS) is 26.4. The van der Waals surface area contributed by atoms with Gasteiger partial charge in [0.15, 0.2) is 0 Å². The van der Waals surface area contributed by atoms with E-state index in [0.29, 0.717) is 6.04 Å². The lowest BCUT2D eigenvalue weighted by atomic mass is 10.0. The first-order valence-corrected chi connectivity index (χ1v) is 9.68. The van der Waals surface area contributed by atoms with Crippen LogP contribution >= 0.6 is 43.2 Å². The molecular weight excluding hydrogens is 402 g/mol. The molecule has 1 aromatic heterocycles. The van der Waals surface area contributed by atoms with Crippen LogP contribution in [0.1, 0.15) is 24.1 Å². The maximum Gasteiger partial charge on any atom is 0.0843 e. The molecule has 3 rings (SSSR count). The van der Waals surface area contributed by atoms with Gasteiger partial charge < -0.3 is 5.73 Å². The number of nitrogens with two attached hydrogens (primary N) is 1. The van der Waals surface area contributed by atoms with Crippen LogP contribution in [0.5, 0.6) is 0 Å². The quantitative estimate of drug-likeness (QED) is 0.811. The van der Waals surface area contributed by atoms with E-state index in [1.54, 1.807) is 0 Å². The predicted molar refractivity (Wildman–Crippen MR) is 92.2 cm³/mol. The van der Waals surface area contributed by atoms with E-state index >= 15 is 0 Å². The van der Waals surface area contributed by atoms with Gasteiger partial charge in [0.25, 0.3) is 0 Å². The first-order valence-electron chi connectivity index (χ1n) is 7.27. The highest BCUT2D eigenvalue weighted by Crippen LogP contribution is 2.33. The highest BCUT2D eigenvalue weighted by atomic mass is 79.9. The number of hydrogen-bond acceptors (Lipinski definition) is 4. The molecule has 0 aliphatic carbocycles. The first kappa shape index (κ1) is 15.4. The van der Waals surface area contributed by atoms with Crippen molar-refractivity contribution < 1.29 is 0 Å². The Kier molecular flexibility index (Phi) is 5.21. The summed E-state index contributed by atoms with van der Waals surface area (Å²) in [5, 5.41) is 0. The van der Waals surface area contributed by atoms with E-state index in [9.17, 15) is 0 Å². The van der Waals surface area contributed by atoms with Crippen molar-refractivity contribution in [1.82, 2.24) is 9.80 Å². The lowest BCUT2D eigenvalue weighted by molar-refractivity contribution is 0.152. The number of likely N-dealkylation sites (tertiary alicyclic amines) is 2. The van der Waals surface area contributed by atoms with Crippen molar-refractivity contribution in [2.75, 3.05) is 26.2 Å². The molecule has 6 heteroatoms. The fourth-order valence-corrected chi connectivity index (χ4v) is 5.45. The van der Waals surface area contributed by atoms with Gasteiger partial charge in [-0.2, -0.15) is 0 Å². The van der Waals surface area contributed by atoms with Crippen LogP contribution in [0.4, 0.5) is 0 Å². The Morgan fingerprint density at radius 2 is 1.95 bits per heavy atom. The average Bonchev–Trinajstić information content (AvgIpc) is 2.99. The molecule has 0 spiro atoms. The van der Waals surface area contributed by atoms with E-state index in [0.717, 1.165) is 12.6 Å². The van der Waals surface area contributed by atoms with Crippen molar-refractivity contribution in [2.45, 2.75) is 37.9 Å². The molecule has 3 heterocycles. The Morgan fingerprint density at radius 1 is 1.20 bits per heavy atom. The molecule has 112 valence electrons. The lowest BCUT2D eigenvalue weighted by Crippen LogP contribution is -2.45. The molecule has 0 aromatic carbocycles. The third-order valence-corrected chi connectivity index (χ3v) is 7.65. The summed E-state index contributed by atoms with van der Waals surface area (Å²) in [5.41, 5.74) is 6.00. The van der Waals surface area contributed by atoms with Gasteiger partial charge in [0.2, 0.25) is 0 Å². The molecule has 2 saturated heterocycles. The smallest absolute Gasteiger partial charge is 0.0843 e. The van der Waals surface area contributed by atoms with Gasteiger partial charge in [-0.05, 0) is 70.3 Å². The Morgan fingerprint density at radius 3 is 2.60 bits per heavy atom. The van der Waals surface area contributed by atoms with Gasteiger partial charge in [-0.25, -0.2) is 0 Å². The second kappa shape index (κ2) is 6.75. The van der Waals surface area contributed by atoms with E-state index < -0.39 is 0 Å². The summed E-state index contributed by atoms with van der Waals surface area (Å²) >= 11 is 8.99. The molecule has 1 unspecified atom stereocenters. The largest absolute Gasteiger partial charge is 0.328 e. The van der Waals surface area contributed by atoms with Gasteiger partial charge in [0.05, 0.1) is 3.79 Å². The van der Waals surface area contributed by atoms with Crippen molar-refractivity contribution in [2.24, 2.45) is 5.73 Å². The van der Waals surface area contributed by atoms with Crippen LogP contribution in [0.2, 0.25) is 0 Å². The average molecular weight is 423 g/mol. The number of nitrogens with zero attached hydrogens (tertiary/aromatic N) is 2. The second-order valence-electron chi connectivity index (χ2n) is 5.89. The summed E-state index contributed by atoms with van der Waals surface area (Å²) in [7, 11) is 0. The summed E-state index contributed by atoms with van der Waals surface area (Å²) < 4.78 is 2.38. The number of hydrogen-bond donors (Lipinski definition) is 1. The summed E-state index contributed by atoms with van der Waals surface area (Å²) in [6, 6.07) is 3.42. The maximum atomic E-state index is 6.00. The molecular formula is C14H21Br2N3S. The van der Waals surface area contributed by atoms with Crippen LogP contribution in [0, 0.1) is 0 Å². The van der Waals surface area contributed by atoms with Crippen LogP contribution in [-0.2, 0) is 6.54 Å². The molecule has 20 heavy (non-hydrogen) atoms. The Bertz CT molecular complexity index is 438. The second-order valence-corrected chi connectivity index (χ2v) is 9.19. The van der Waals surface area contributed by atoms with Crippen LogP contribution in [0.25, 0.3) is 0 Å². The molecule has 2 N–H and O–H groups in total. The van der Waals surface area contributed by atoms with Gasteiger partial charge in [-0.3, -0.25) is 9.80 Å². The summed E-state index contributed by atoms with van der Waals surface area (Å²) in [6.45, 7) is 5.90. The fourth-order valence-electron chi connectivity index (χ4n) is 3.23. The Labute approximate surface area is 141 Å². The van der Waals surface area contributed by atoms with Crippen molar-refractivity contribution in [3.05, 3.63) is 19.2 Å². The van der Waals surface area contributed by atoms with Crippen LogP contribution in [-0.4, -0.2) is 48.1 Å². The summed E-state index contributed by atoms with van der Waals surface area (Å²) in [4.78, 5) is 6.68. The molecule has 0 amide bonds. The monoisotopic (exact) mass is 421 g/mol. The zero-order valence-corrected chi connectivity index (χ0v) is 15.5. The van der Waals surface area contributed by atoms with Gasteiger partial charge >= 0.3 is 0 Å². The van der Waals surface area contributed by atoms with Crippen molar-refractivity contribution in [3.63, 3.8) is 0 Å². The van der Waals surface area contributed by atoms with Crippen molar-refractivity contribution in [1.29, 1.82) is 0 Å². The summed E-state index contributed by atoms with van der Waals surface area (Å²) in [6.07, 6.45) is 3.64. The van der Waals surface area contributed by atoms with Gasteiger partial charge in [-0.1, -0.05) is 0 Å². The van der Waals surface area contributed by atoms with Crippen molar-refractivity contribution in [3.8, 4) is 0 Å². The SMILES string of the molecule is NC1CCN(C2CCN(Cc3cc(Br)c(Br)s3)C2)CC1. The highest BCUT2D eigenvalue weighted by Gasteiger charge is 2.29. The van der Waals surface area contributed by atoms with Gasteiger partial charge in [0, 0.05) is 41.1 Å². The zero-order chi connectivity index (χ0) is 14.1. The molecule has 0 saturated carbocycles. The topological polar surface area (TPSA) is 32.5 Å². The first-order chi connectivity index (χ1) is 9.61. The van der Waals surface area contributed by atoms with Crippen molar-refractivity contribution >= 4 is 43.2 Å². The molecule has 2 aliphatic rings. The Hall–Kier alpha value is 0.540. The molecule has 2 fully saturated rings. The molecule has 3 nitrogen and oxygen atoms in total. The number of piperidine rings is 1. The van der Waals surface area contributed by atoms with Crippen LogP contribution in [0.3, 0.4) is 0 Å². The summed E-state index contributed by atoms with van der Waals surface area (Å²) in [5.74, 6) is 0. The number of rotatable bonds is 3. The predicted octanol–water partition coefficient (Wildman–Crippen LogP) is 3.27. The third-order valence-electron chi connectivity index (χ3n) is 4.41. The highest BCUT2D eigenvalue weighted by molar-refractivity contribution is 9.13. The molecule has 1 aromatic rings. The Balaban J connectivity index is 1.52. The number of thiophene rings is 1. The van der Waals surface area contributed by atoms with E-state index in [2.05, 4.69) is 47.7 Å². The molecule has 1 atom stereocenters. The van der Waals surface area contributed by atoms with E-state index in [1.165, 1.54) is 58.6 Å². The van der Waals surface area contributed by atoms with Gasteiger partial charge in [0.1, 0.15) is 0 Å². The molecule has 0 radical (unpaired) electrons. The van der Waals surface area contributed by atoms with Crippen LogP contribution < -0.4 is 5.73 Å². The van der Waals surface area contributed by atoms with E-state index in [4.69, 9.17) is 5.73 Å². The standard InChI is InChI=1S/C14H21Br2N3S/c15-13-7-12(20-14(13)16)9-18-4-3-11(8-18)19-5-1-10(17)2-6-19/h7,10-11H,1-6,8-9,17H2. The van der Waals surface area contributed by atoms with E-state index in [1.807, 2.05) is 11.3 Å². The fraction of sp³-hybridized carbons (Fsp3) is 0.714. The van der Waals surface area contributed by atoms with Crippen LogP contribution in [0.15, 0.2) is 14.3 Å². The number of halogens is 2. The minimum Gasteiger partial charge on any atom is -0.328 e. The molecule has 0 bridgehead atoms. The minimum absolute atomic E-state index is 0.435. The van der Waals surface area contributed by atoms with Gasteiger partial charge in [-0.15, -0.1) is 11.3 Å². The third kappa shape index (κ3) is 3.65. The zero-order valence-electron chi connectivity index (χ0n) is 11.5. The lowest BCUT2D eigenvalue weighted by Gasteiger charge is -2.34. The minimum atomic E-state index is 0.435. The molecule has 2 aliphatic heterocycles. The maximum absolute atomic E-state index is 6.00.